The third-order valence-electron chi connectivity index (χ3n) is 1.80. The van der Waals surface area contributed by atoms with Gasteiger partial charge in [0, 0.05) is 5.56 Å². The van der Waals surface area contributed by atoms with Crippen LogP contribution in [0.2, 0.25) is 0 Å². The zero-order valence-corrected chi connectivity index (χ0v) is 10.1. The molecule has 0 aromatic heterocycles. The second kappa shape index (κ2) is 6.50. The summed E-state index contributed by atoms with van der Waals surface area (Å²) < 4.78 is 16.9. The Bertz CT molecular complexity index is 464. The SMILES string of the molecule is COC(=O)NNC(=S)NC(=O)c1ccc(F)cc1. The predicted molar refractivity (Wildman–Crippen MR) is 65.1 cm³/mol. The molecule has 0 spiro atoms. The number of ether oxygens (including phenoxy) is 1. The Morgan fingerprint density at radius 3 is 2.39 bits per heavy atom. The van der Waals surface area contributed by atoms with Gasteiger partial charge in [-0.15, -0.1) is 0 Å². The van der Waals surface area contributed by atoms with Crippen molar-refractivity contribution in [3.05, 3.63) is 35.6 Å². The normalized spacial score (nSPS) is 9.22. The highest BCUT2D eigenvalue weighted by Crippen LogP contribution is 2.02. The molecular formula is C10H10FN3O3S. The molecule has 0 bridgehead atoms. The largest absolute Gasteiger partial charge is 0.452 e. The third-order valence-corrected chi connectivity index (χ3v) is 2.00. The topological polar surface area (TPSA) is 79.5 Å². The van der Waals surface area contributed by atoms with Gasteiger partial charge in [-0.1, -0.05) is 0 Å². The van der Waals surface area contributed by atoms with E-state index in [2.05, 4.69) is 20.9 Å². The summed E-state index contributed by atoms with van der Waals surface area (Å²) in [6.07, 6.45) is -0.756. The van der Waals surface area contributed by atoms with E-state index in [0.717, 1.165) is 12.1 Å². The monoisotopic (exact) mass is 271 g/mol. The number of benzene rings is 1. The van der Waals surface area contributed by atoms with E-state index in [1.165, 1.54) is 19.2 Å². The summed E-state index contributed by atoms with van der Waals surface area (Å²) >= 11 is 4.73. The van der Waals surface area contributed by atoms with Gasteiger partial charge in [-0.3, -0.25) is 15.5 Å². The van der Waals surface area contributed by atoms with Crippen molar-refractivity contribution in [3.63, 3.8) is 0 Å². The molecule has 0 aliphatic heterocycles. The van der Waals surface area contributed by atoms with Crippen LogP contribution in [0.15, 0.2) is 24.3 Å². The molecule has 0 aliphatic rings. The fraction of sp³-hybridized carbons (Fsp3) is 0.100. The number of carbonyl (C=O) groups is 2. The molecule has 1 aromatic rings. The van der Waals surface area contributed by atoms with Crippen LogP contribution >= 0.6 is 12.2 Å². The Balaban J connectivity index is 2.47. The molecule has 0 fully saturated rings. The molecule has 1 aromatic carbocycles. The van der Waals surface area contributed by atoms with Gasteiger partial charge in [0.25, 0.3) is 5.91 Å². The average Bonchev–Trinajstić information content (AvgIpc) is 2.36. The van der Waals surface area contributed by atoms with Crippen molar-refractivity contribution in [1.82, 2.24) is 16.2 Å². The number of amides is 2. The average molecular weight is 271 g/mol. The van der Waals surface area contributed by atoms with E-state index in [1.54, 1.807) is 0 Å². The molecule has 0 heterocycles. The zero-order valence-electron chi connectivity index (χ0n) is 9.32. The summed E-state index contributed by atoms with van der Waals surface area (Å²) in [6, 6.07) is 4.91. The van der Waals surface area contributed by atoms with Crippen LogP contribution in [-0.2, 0) is 4.74 Å². The van der Waals surface area contributed by atoms with Crippen LogP contribution in [0, 0.1) is 5.82 Å². The van der Waals surface area contributed by atoms with Crippen molar-refractivity contribution in [3.8, 4) is 0 Å². The summed E-state index contributed by atoms with van der Waals surface area (Å²) in [5.41, 5.74) is 4.55. The maximum atomic E-state index is 12.6. The molecule has 8 heteroatoms. The van der Waals surface area contributed by atoms with Crippen LogP contribution in [0.3, 0.4) is 0 Å². The Hall–Kier alpha value is -2.22. The van der Waals surface area contributed by atoms with Crippen LogP contribution in [0.1, 0.15) is 10.4 Å². The summed E-state index contributed by atoms with van der Waals surface area (Å²) in [5, 5.41) is 2.17. The highest BCUT2D eigenvalue weighted by atomic mass is 32.1. The van der Waals surface area contributed by atoms with Gasteiger partial charge in [0.1, 0.15) is 5.82 Å². The minimum Gasteiger partial charge on any atom is -0.452 e. The standard InChI is InChI=1S/C10H10FN3O3S/c1-17-10(16)14-13-9(18)12-8(15)6-2-4-7(11)5-3-6/h2-5H,1H3,(H,14,16)(H2,12,13,15,18). The number of hydrazine groups is 1. The van der Waals surface area contributed by atoms with E-state index in [0.29, 0.717) is 0 Å². The quantitative estimate of drug-likeness (QED) is 0.517. The van der Waals surface area contributed by atoms with Crippen LogP contribution in [0.25, 0.3) is 0 Å². The van der Waals surface area contributed by atoms with Gasteiger partial charge in [-0.2, -0.15) is 0 Å². The molecule has 3 N–H and O–H groups in total. The predicted octanol–water partition coefficient (Wildman–Crippen LogP) is 0.701. The van der Waals surface area contributed by atoms with E-state index in [4.69, 9.17) is 12.2 Å². The number of halogens is 1. The second-order valence-corrected chi connectivity index (χ2v) is 3.44. The number of rotatable bonds is 1. The fourth-order valence-corrected chi connectivity index (χ4v) is 1.11. The van der Waals surface area contributed by atoms with Crippen molar-refractivity contribution < 1.29 is 18.7 Å². The maximum Gasteiger partial charge on any atom is 0.425 e. The van der Waals surface area contributed by atoms with Gasteiger partial charge < -0.3 is 4.74 Å². The number of nitrogens with one attached hydrogen (secondary N) is 3. The molecule has 2 amide bonds. The molecule has 0 saturated carbocycles. The van der Waals surface area contributed by atoms with E-state index in [9.17, 15) is 14.0 Å². The van der Waals surface area contributed by atoms with Gasteiger partial charge in [-0.25, -0.2) is 14.6 Å². The lowest BCUT2D eigenvalue weighted by molar-refractivity contribution is 0.0975. The van der Waals surface area contributed by atoms with Crippen LogP contribution < -0.4 is 16.2 Å². The van der Waals surface area contributed by atoms with Crippen molar-refractivity contribution in [2.75, 3.05) is 7.11 Å². The molecule has 0 atom stereocenters. The van der Waals surface area contributed by atoms with Crippen LogP contribution in [0.4, 0.5) is 9.18 Å². The van der Waals surface area contributed by atoms with E-state index in [-0.39, 0.29) is 10.7 Å². The number of hydrogen-bond donors (Lipinski definition) is 3. The van der Waals surface area contributed by atoms with Crippen molar-refractivity contribution in [2.45, 2.75) is 0 Å². The summed E-state index contributed by atoms with van der Waals surface area (Å²) in [7, 11) is 1.18. The first kappa shape index (κ1) is 13.8. The first-order valence-corrected chi connectivity index (χ1v) is 5.14. The highest BCUT2D eigenvalue weighted by Gasteiger charge is 2.08. The summed E-state index contributed by atoms with van der Waals surface area (Å²) in [4.78, 5) is 22.3. The van der Waals surface area contributed by atoms with E-state index >= 15 is 0 Å². The number of carbonyl (C=O) groups excluding carboxylic acids is 2. The van der Waals surface area contributed by atoms with E-state index < -0.39 is 17.8 Å². The number of thiocarbonyl (C=S) groups is 1. The Morgan fingerprint density at radius 2 is 1.83 bits per heavy atom. The summed E-state index contributed by atoms with van der Waals surface area (Å²) in [6.45, 7) is 0. The zero-order chi connectivity index (χ0) is 13.5. The van der Waals surface area contributed by atoms with Crippen molar-refractivity contribution in [1.29, 1.82) is 0 Å². The van der Waals surface area contributed by atoms with Gasteiger partial charge >= 0.3 is 6.09 Å². The van der Waals surface area contributed by atoms with Gasteiger partial charge in [-0.05, 0) is 36.5 Å². The smallest absolute Gasteiger partial charge is 0.425 e. The minimum absolute atomic E-state index is 0.116. The van der Waals surface area contributed by atoms with Crippen LogP contribution in [-0.4, -0.2) is 24.2 Å². The molecule has 18 heavy (non-hydrogen) atoms. The molecule has 96 valence electrons. The Labute approximate surface area is 107 Å². The fourth-order valence-electron chi connectivity index (χ4n) is 0.967. The molecule has 1 rings (SSSR count). The number of methoxy groups -OCH3 is 1. The Kier molecular flexibility index (Phi) is 5.00. The molecule has 0 saturated heterocycles. The van der Waals surface area contributed by atoms with Gasteiger partial charge in [0.15, 0.2) is 5.11 Å². The van der Waals surface area contributed by atoms with Crippen LogP contribution in [0.5, 0.6) is 0 Å². The molecule has 0 aliphatic carbocycles. The second-order valence-electron chi connectivity index (χ2n) is 3.03. The first-order valence-electron chi connectivity index (χ1n) is 4.74. The molecule has 0 unspecified atom stereocenters. The minimum atomic E-state index is -0.756. The van der Waals surface area contributed by atoms with Crippen molar-refractivity contribution in [2.24, 2.45) is 0 Å². The molecule has 6 nitrogen and oxygen atoms in total. The first-order chi connectivity index (χ1) is 8.52. The summed E-state index contributed by atoms with van der Waals surface area (Å²) in [5.74, 6) is -0.973. The lowest BCUT2D eigenvalue weighted by atomic mass is 10.2. The maximum absolute atomic E-state index is 12.6. The molecule has 0 radical (unpaired) electrons. The van der Waals surface area contributed by atoms with E-state index in [1.807, 2.05) is 0 Å². The van der Waals surface area contributed by atoms with Gasteiger partial charge in [0.2, 0.25) is 0 Å². The van der Waals surface area contributed by atoms with Crippen molar-refractivity contribution >= 4 is 29.3 Å². The molecular weight excluding hydrogens is 261 g/mol. The van der Waals surface area contributed by atoms with Gasteiger partial charge in [0.05, 0.1) is 7.11 Å². The lowest BCUT2D eigenvalue weighted by Gasteiger charge is -2.09. The Morgan fingerprint density at radius 1 is 1.22 bits per heavy atom. The third kappa shape index (κ3) is 4.34. The highest BCUT2D eigenvalue weighted by molar-refractivity contribution is 7.80. The number of hydrogen-bond acceptors (Lipinski definition) is 4. The lowest BCUT2D eigenvalue weighted by Crippen LogP contribution is -2.48.